The van der Waals surface area contributed by atoms with Gasteiger partial charge in [0.05, 0.1) is 41.9 Å². The van der Waals surface area contributed by atoms with Crippen LogP contribution in [0.15, 0.2) is 102 Å². The maximum absolute atomic E-state index is 13.7. The quantitative estimate of drug-likeness (QED) is 0.0703. The van der Waals surface area contributed by atoms with Gasteiger partial charge in [-0.25, -0.2) is 9.78 Å². The molecule has 7 aromatic rings. The number of aromatic nitrogens is 6. The molecule has 4 saturated heterocycles. The third-order valence-corrected chi connectivity index (χ3v) is 17.9. The molecule has 20 heteroatoms. The number of fused-ring (bicyclic) bond motifs is 1. The summed E-state index contributed by atoms with van der Waals surface area (Å²) in [5.74, 6) is 1.29. The molecule has 4 aromatic carbocycles. The molecule has 3 N–H and O–H groups in total. The monoisotopic (exact) mass is 1080 g/mol. The number of piperidine rings is 3. The van der Waals surface area contributed by atoms with Crippen LogP contribution in [0, 0.1) is 5.92 Å². The first-order valence-corrected chi connectivity index (χ1v) is 29.7. The Hall–Kier alpha value is -6.98. The highest BCUT2D eigenvalue weighted by Gasteiger charge is 2.34. The molecular formula is C57H67ClN13O5P. The predicted octanol–water partition coefficient (Wildman–Crippen LogP) is 8.08. The van der Waals surface area contributed by atoms with Gasteiger partial charge in [0, 0.05) is 112 Å². The third kappa shape index (κ3) is 11.0. The van der Waals surface area contributed by atoms with Gasteiger partial charge in [0.15, 0.2) is 5.82 Å². The minimum atomic E-state index is -2.73. The molecule has 2 amide bonds. The largest absolute Gasteiger partial charge is 0.494 e. The fraction of sp³-hybridized carbons (Fsp3) is 0.404. The zero-order valence-corrected chi connectivity index (χ0v) is 46.1. The number of ether oxygens (including phenoxy) is 1. The van der Waals surface area contributed by atoms with Crippen LogP contribution in [-0.4, -0.2) is 136 Å². The molecule has 4 aliphatic heterocycles. The fourth-order valence-electron chi connectivity index (χ4n) is 11.8. The topological polar surface area (TPSA) is 180 Å². The lowest BCUT2D eigenvalue weighted by Gasteiger charge is -2.44. The van der Waals surface area contributed by atoms with Crippen LogP contribution in [0.1, 0.15) is 44.6 Å². The van der Waals surface area contributed by atoms with Gasteiger partial charge in [-0.2, -0.15) is 10.1 Å². The number of anilines is 6. The van der Waals surface area contributed by atoms with E-state index in [2.05, 4.69) is 69.9 Å². The number of benzene rings is 4. The average molecular weight is 1080 g/mol. The molecule has 0 bridgehead atoms. The summed E-state index contributed by atoms with van der Waals surface area (Å²) in [6.07, 6.45) is 10.6. The summed E-state index contributed by atoms with van der Waals surface area (Å²) in [4.78, 5) is 57.5. The van der Waals surface area contributed by atoms with Gasteiger partial charge >= 0.3 is 5.69 Å². The van der Waals surface area contributed by atoms with Crippen molar-refractivity contribution in [3.8, 4) is 28.0 Å². The highest BCUT2D eigenvalue weighted by atomic mass is 35.5. The van der Waals surface area contributed by atoms with Gasteiger partial charge in [-0.05, 0) is 112 Å². The Kier molecular flexibility index (Phi) is 14.8. The SMILES string of the molecule is COc1cc(N2CCC(N3CCC(CN4CCN(c5ccc6c(c5)n(C)c(=O)n6C5CCC(=O)NC5=O)CC4)CC3)CC2)c(-c2cnn(C)c2)cc1Nc1ncc(Cl)c(Nc2ccc(-c3ccccc3)cc2P(C)(C)=O)n1. The van der Waals surface area contributed by atoms with Crippen molar-refractivity contribution in [3.05, 3.63) is 113 Å². The Bertz CT molecular complexity index is 3440. The molecule has 4 fully saturated rings. The number of carbonyl (C=O) groups is 2. The molecule has 11 rings (SSSR count). The molecule has 0 spiro atoms. The van der Waals surface area contributed by atoms with Gasteiger partial charge in [-0.15, -0.1) is 0 Å². The van der Waals surface area contributed by atoms with Crippen molar-refractivity contribution in [2.24, 2.45) is 20.0 Å². The van der Waals surface area contributed by atoms with Crippen LogP contribution in [0.3, 0.4) is 0 Å². The Balaban J connectivity index is 0.706. The van der Waals surface area contributed by atoms with Gasteiger partial charge in [-0.1, -0.05) is 48.0 Å². The number of halogens is 1. The van der Waals surface area contributed by atoms with E-state index in [1.807, 2.05) is 78.7 Å². The van der Waals surface area contributed by atoms with Crippen LogP contribution >= 0.6 is 18.7 Å². The van der Waals surface area contributed by atoms with E-state index < -0.39 is 19.1 Å². The number of rotatable bonds is 14. The van der Waals surface area contributed by atoms with Crippen LogP contribution < -0.4 is 41.5 Å². The molecule has 402 valence electrons. The summed E-state index contributed by atoms with van der Waals surface area (Å²) in [6.45, 7) is 12.5. The second-order valence-electron chi connectivity index (χ2n) is 21.4. The molecule has 0 aliphatic carbocycles. The highest BCUT2D eigenvalue weighted by molar-refractivity contribution is 7.70. The van der Waals surface area contributed by atoms with E-state index >= 15 is 0 Å². The van der Waals surface area contributed by atoms with Crippen molar-refractivity contribution in [1.29, 1.82) is 0 Å². The molecule has 0 radical (unpaired) electrons. The number of imidazole rings is 1. The lowest BCUT2D eigenvalue weighted by molar-refractivity contribution is -0.135. The molecule has 77 heavy (non-hydrogen) atoms. The summed E-state index contributed by atoms with van der Waals surface area (Å²) >= 11 is 6.73. The van der Waals surface area contributed by atoms with E-state index in [0.29, 0.717) is 63.1 Å². The van der Waals surface area contributed by atoms with Crippen LogP contribution in [0.25, 0.3) is 33.3 Å². The minimum Gasteiger partial charge on any atom is -0.494 e. The van der Waals surface area contributed by atoms with Crippen LogP contribution in [-0.2, 0) is 28.2 Å². The van der Waals surface area contributed by atoms with Crippen molar-refractivity contribution in [2.75, 3.05) is 99.8 Å². The van der Waals surface area contributed by atoms with Crippen LogP contribution in [0.2, 0.25) is 5.02 Å². The van der Waals surface area contributed by atoms with Gasteiger partial charge in [0.1, 0.15) is 24.0 Å². The molecule has 1 unspecified atom stereocenters. The summed E-state index contributed by atoms with van der Waals surface area (Å²) < 4.78 is 24.7. The number of aryl methyl sites for hydroxylation is 2. The third-order valence-electron chi connectivity index (χ3n) is 16.1. The van der Waals surface area contributed by atoms with Crippen molar-refractivity contribution < 1.29 is 18.9 Å². The average Bonchev–Trinajstić information content (AvgIpc) is 4.07. The number of likely N-dealkylation sites (tertiary alicyclic amines) is 1. The standard InChI is InChI=1S/C57H67ClN13O5P/c1-65-36-40(33-60-65)43-31-46(62-56-59-34-44(58)54(64-56)61-45-13-11-39(29-52(45)77(4,5)75)38-9-7-6-8-10-38)51(76-3)32-49(43)70-23-19-41(20-24-70)68-21-17-37(18-22-68)35-67-25-27-69(28-26-67)42-12-14-47-50(30-42)66(2)57(74)71(47)48-15-16-53(72)63-55(48)73/h6-14,29-34,36-37,41,48H,15-28,35H2,1-5H3,(H,63,72,73)(H2,59,61,62,64). The predicted molar refractivity (Wildman–Crippen MR) is 307 cm³/mol. The zero-order chi connectivity index (χ0) is 53.5. The Morgan fingerprint density at radius 1 is 0.766 bits per heavy atom. The zero-order valence-electron chi connectivity index (χ0n) is 44.4. The normalized spacial score (nSPS) is 18.5. The summed E-state index contributed by atoms with van der Waals surface area (Å²) in [6, 6.07) is 26.0. The van der Waals surface area contributed by atoms with Crippen molar-refractivity contribution in [3.63, 3.8) is 0 Å². The molecule has 0 saturated carbocycles. The first-order chi connectivity index (χ1) is 37.2. The fourth-order valence-corrected chi connectivity index (χ4v) is 13.1. The Morgan fingerprint density at radius 3 is 2.23 bits per heavy atom. The van der Waals surface area contributed by atoms with Gasteiger partial charge < -0.3 is 34.6 Å². The number of carbonyl (C=O) groups excluding carboxylic acids is 2. The number of methoxy groups -OCH3 is 1. The second-order valence-corrected chi connectivity index (χ2v) is 25.0. The van der Waals surface area contributed by atoms with E-state index in [9.17, 15) is 18.9 Å². The number of amides is 2. The molecule has 18 nitrogen and oxygen atoms in total. The number of hydrogen-bond acceptors (Lipinski definition) is 14. The van der Waals surface area contributed by atoms with E-state index in [0.717, 1.165) is 111 Å². The summed E-state index contributed by atoms with van der Waals surface area (Å²) in [5, 5.41) is 14.7. The van der Waals surface area contributed by atoms with E-state index in [4.69, 9.17) is 21.3 Å². The van der Waals surface area contributed by atoms with Gasteiger partial charge in [0.25, 0.3) is 0 Å². The highest BCUT2D eigenvalue weighted by Crippen LogP contribution is 2.43. The molecule has 4 aliphatic rings. The van der Waals surface area contributed by atoms with Crippen molar-refractivity contribution in [1.82, 2.24) is 44.0 Å². The second kappa shape index (κ2) is 21.8. The van der Waals surface area contributed by atoms with E-state index in [1.54, 1.807) is 42.8 Å². The van der Waals surface area contributed by atoms with E-state index in [-0.39, 0.29) is 18.0 Å². The maximum atomic E-state index is 13.7. The van der Waals surface area contributed by atoms with Crippen molar-refractivity contribution in [2.45, 2.75) is 50.6 Å². The smallest absolute Gasteiger partial charge is 0.329 e. The first kappa shape index (κ1) is 52.1. The van der Waals surface area contributed by atoms with Crippen molar-refractivity contribution >= 4 is 81.4 Å². The first-order valence-electron chi connectivity index (χ1n) is 26.7. The minimum absolute atomic E-state index is 0.218. The van der Waals surface area contributed by atoms with Crippen LogP contribution in [0.5, 0.6) is 5.75 Å². The lowest BCUT2D eigenvalue weighted by Crippen LogP contribution is -2.51. The Morgan fingerprint density at radius 2 is 1.53 bits per heavy atom. The number of hydrogen-bond donors (Lipinski definition) is 3. The maximum Gasteiger partial charge on any atom is 0.329 e. The Labute approximate surface area is 453 Å². The van der Waals surface area contributed by atoms with E-state index in [1.165, 1.54) is 12.8 Å². The molecule has 3 aromatic heterocycles. The van der Waals surface area contributed by atoms with Crippen LogP contribution in [0.4, 0.5) is 34.5 Å². The summed E-state index contributed by atoms with van der Waals surface area (Å²) in [7, 11) is 2.62. The molecular weight excluding hydrogens is 1010 g/mol. The number of nitrogens with zero attached hydrogens (tertiary/aromatic N) is 10. The lowest BCUT2D eigenvalue weighted by atomic mass is 9.92. The number of piperazine rings is 1. The molecule has 1 atom stereocenters. The number of nitrogens with one attached hydrogen (secondary N) is 3. The number of imide groups is 1. The molecule has 7 heterocycles. The summed E-state index contributed by atoms with van der Waals surface area (Å²) in [5.41, 5.74) is 8.78. The van der Waals surface area contributed by atoms with Gasteiger partial charge in [-0.3, -0.25) is 33.6 Å². The van der Waals surface area contributed by atoms with Gasteiger partial charge in [0.2, 0.25) is 17.8 Å².